The summed E-state index contributed by atoms with van der Waals surface area (Å²) < 4.78 is 0. The van der Waals surface area contributed by atoms with E-state index in [-0.39, 0.29) is 18.2 Å². The number of amides is 2. The van der Waals surface area contributed by atoms with E-state index in [1.54, 1.807) is 46.1 Å². The van der Waals surface area contributed by atoms with Crippen LogP contribution < -0.4 is 5.32 Å². The standard InChI is InChI=1S/C17H22N2O4/c1-17(2)13(14(17)16(22)23)15(21)18-11-7-5-6-10(8-11)9-12(20)19(3)4/h5-8,13-14H,9H2,1-4H3,(H,18,21)(H,22,23)/t13-,14-/m1/s1. The Balaban J connectivity index is 2.05. The highest BCUT2D eigenvalue weighted by atomic mass is 16.4. The highest BCUT2D eigenvalue weighted by molar-refractivity contribution is 5.99. The van der Waals surface area contributed by atoms with Crippen LogP contribution in [0.2, 0.25) is 0 Å². The van der Waals surface area contributed by atoms with E-state index in [0.29, 0.717) is 5.69 Å². The Morgan fingerprint density at radius 2 is 1.87 bits per heavy atom. The van der Waals surface area contributed by atoms with Crippen LogP contribution in [0.25, 0.3) is 0 Å². The number of carbonyl (C=O) groups is 3. The van der Waals surface area contributed by atoms with Gasteiger partial charge in [0.15, 0.2) is 0 Å². The van der Waals surface area contributed by atoms with E-state index in [4.69, 9.17) is 5.11 Å². The van der Waals surface area contributed by atoms with Gasteiger partial charge in [-0.1, -0.05) is 26.0 Å². The monoisotopic (exact) mass is 318 g/mol. The molecule has 23 heavy (non-hydrogen) atoms. The molecule has 0 saturated heterocycles. The fourth-order valence-electron chi connectivity index (χ4n) is 2.90. The zero-order valence-electron chi connectivity index (χ0n) is 13.8. The van der Waals surface area contributed by atoms with Crippen LogP contribution in [-0.4, -0.2) is 41.9 Å². The Kier molecular flexibility index (Phi) is 4.45. The van der Waals surface area contributed by atoms with Crippen molar-refractivity contribution < 1.29 is 19.5 Å². The van der Waals surface area contributed by atoms with Gasteiger partial charge in [-0.05, 0) is 23.1 Å². The number of nitrogens with one attached hydrogen (secondary N) is 1. The van der Waals surface area contributed by atoms with Gasteiger partial charge in [0.25, 0.3) is 0 Å². The number of rotatable bonds is 5. The maximum absolute atomic E-state index is 12.3. The first-order chi connectivity index (χ1) is 10.6. The zero-order valence-corrected chi connectivity index (χ0v) is 13.8. The van der Waals surface area contributed by atoms with E-state index in [9.17, 15) is 14.4 Å². The van der Waals surface area contributed by atoms with Crippen LogP contribution in [0.5, 0.6) is 0 Å². The summed E-state index contributed by atoms with van der Waals surface area (Å²) in [7, 11) is 3.38. The summed E-state index contributed by atoms with van der Waals surface area (Å²) in [4.78, 5) is 36.7. The lowest BCUT2D eigenvalue weighted by atomic mass is 10.1. The summed E-state index contributed by atoms with van der Waals surface area (Å²) in [5, 5.41) is 11.9. The molecule has 6 heteroatoms. The van der Waals surface area contributed by atoms with Gasteiger partial charge in [-0.25, -0.2) is 0 Å². The lowest BCUT2D eigenvalue weighted by Gasteiger charge is -2.11. The van der Waals surface area contributed by atoms with Crippen molar-refractivity contribution in [3.63, 3.8) is 0 Å². The molecule has 1 saturated carbocycles. The van der Waals surface area contributed by atoms with Gasteiger partial charge in [0.1, 0.15) is 0 Å². The molecular weight excluding hydrogens is 296 g/mol. The Morgan fingerprint density at radius 3 is 2.39 bits per heavy atom. The van der Waals surface area contributed by atoms with Crippen LogP contribution in [0.3, 0.4) is 0 Å². The molecule has 1 aliphatic carbocycles. The van der Waals surface area contributed by atoms with Crippen molar-refractivity contribution in [3.8, 4) is 0 Å². The average Bonchev–Trinajstić information content (AvgIpc) is 3.02. The van der Waals surface area contributed by atoms with Crippen molar-refractivity contribution in [1.82, 2.24) is 4.90 Å². The largest absolute Gasteiger partial charge is 0.481 e. The SMILES string of the molecule is CN(C)C(=O)Cc1cccc(NC(=O)[C@H]2[C@H](C(=O)O)C2(C)C)c1. The topological polar surface area (TPSA) is 86.7 Å². The zero-order chi connectivity index (χ0) is 17.4. The molecule has 2 rings (SSSR count). The summed E-state index contributed by atoms with van der Waals surface area (Å²) >= 11 is 0. The third-order valence-electron chi connectivity index (χ3n) is 4.42. The minimum Gasteiger partial charge on any atom is -0.481 e. The molecule has 0 bridgehead atoms. The molecule has 0 spiro atoms. The average molecular weight is 318 g/mol. The van der Waals surface area contributed by atoms with E-state index in [1.807, 2.05) is 6.07 Å². The van der Waals surface area contributed by atoms with Gasteiger partial charge in [0.05, 0.1) is 18.3 Å². The van der Waals surface area contributed by atoms with Gasteiger partial charge in [0, 0.05) is 19.8 Å². The highest BCUT2D eigenvalue weighted by Crippen LogP contribution is 2.58. The molecule has 1 aliphatic rings. The number of anilines is 1. The molecule has 1 aromatic carbocycles. The molecule has 2 atom stereocenters. The van der Waals surface area contributed by atoms with Crippen LogP contribution >= 0.6 is 0 Å². The quantitative estimate of drug-likeness (QED) is 0.863. The number of hydrogen-bond donors (Lipinski definition) is 2. The fraction of sp³-hybridized carbons (Fsp3) is 0.471. The maximum Gasteiger partial charge on any atom is 0.307 e. The first-order valence-electron chi connectivity index (χ1n) is 7.47. The fourth-order valence-corrected chi connectivity index (χ4v) is 2.90. The molecule has 6 nitrogen and oxygen atoms in total. The summed E-state index contributed by atoms with van der Waals surface area (Å²) in [5.74, 6) is -2.45. The van der Waals surface area contributed by atoms with E-state index < -0.39 is 23.2 Å². The number of benzene rings is 1. The van der Waals surface area contributed by atoms with E-state index >= 15 is 0 Å². The Bertz CT molecular complexity index is 652. The predicted molar refractivity (Wildman–Crippen MR) is 85.9 cm³/mol. The lowest BCUT2D eigenvalue weighted by molar-refractivity contribution is -0.140. The summed E-state index contributed by atoms with van der Waals surface area (Å²) in [5.41, 5.74) is 0.839. The van der Waals surface area contributed by atoms with Gasteiger partial charge in [-0.15, -0.1) is 0 Å². The summed E-state index contributed by atoms with van der Waals surface area (Å²) in [6, 6.07) is 7.05. The molecule has 0 heterocycles. The lowest BCUT2D eigenvalue weighted by Crippen LogP contribution is -2.23. The molecule has 0 unspecified atom stereocenters. The van der Waals surface area contributed by atoms with Gasteiger partial charge in [-0.3, -0.25) is 14.4 Å². The molecule has 2 N–H and O–H groups in total. The molecular formula is C17H22N2O4. The second-order valence-corrected chi connectivity index (χ2v) is 6.77. The van der Waals surface area contributed by atoms with Gasteiger partial charge in [0.2, 0.25) is 11.8 Å². The molecule has 1 aromatic rings. The normalized spacial score (nSPS) is 21.4. The summed E-state index contributed by atoms with van der Waals surface area (Å²) in [6.07, 6.45) is 0.253. The maximum atomic E-state index is 12.3. The molecule has 2 amide bonds. The second kappa shape index (κ2) is 6.02. The minimum atomic E-state index is -0.944. The number of carboxylic acids is 1. The molecule has 124 valence electrons. The molecule has 0 aromatic heterocycles. The molecule has 0 radical (unpaired) electrons. The Hall–Kier alpha value is -2.37. The van der Waals surface area contributed by atoms with Crippen molar-refractivity contribution in [2.45, 2.75) is 20.3 Å². The molecule has 0 aliphatic heterocycles. The van der Waals surface area contributed by atoms with Crippen LogP contribution in [-0.2, 0) is 20.8 Å². The van der Waals surface area contributed by atoms with Crippen LogP contribution in [0.4, 0.5) is 5.69 Å². The van der Waals surface area contributed by atoms with Gasteiger partial charge < -0.3 is 15.3 Å². The van der Waals surface area contributed by atoms with Crippen LogP contribution in [0, 0.1) is 17.3 Å². The first-order valence-corrected chi connectivity index (χ1v) is 7.47. The number of likely N-dealkylation sites (N-methyl/N-ethyl adjacent to an activating group) is 1. The Morgan fingerprint density at radius 1 is 1.22 bits per heavy atom. The van der Waals surface area contributed by atoms with E-state index in [0.717, 1.165) is 5.56 Å². The third-order valence-corrected chi connectivity index (χ3v) is 4.42. The number of carbonyl (C=O) groups excluding carboxylic acids is 2. The number of hydrogen-bond acceptors (Lipinski definition) is 3. The number of carboxylic acid groups (broad SMARTS) is 1. The van der Waals surface area contributed by atoms with Crippen molar-refractivity contribution in [3.05, 3.63) is 29.8 Å². The van der Waals surface area contributed by atoms with Crippen molar-refractivity contribution in [1.29, 1.82) is 0 Å². The predicted octanol–water partition coefficient (Wildman–Crippen LogP) is 1.61. The molecule has 1 fully saturated rings. The second-order valence-electron chi connectivity index (χ2n) is 6.77. The first kappa shape index (κ1) is 17.0. The van der Waals surface area contributed by atoms with Crippen molar-refractivity contribution >= 4 is 23.5 Å². The van der Waals surface area contributed by atoms with Gasteiger partial charge in [-0.2, -0.15) is 0 Å². The number of aliphatic carboxylic acids is 1. The van der Waals surface area contributed by atoms with Crippen molar-refractivity contribution in [2.75, 3.05) is 19.4 Å². The number of nitrogens with zero attached hydrogens (tertiary/aromatic N) is 1. The van der Waals surface area contributed by atoms with Crippen LogP contribution in [0.1, 0.15) is 19.4 Å². The minimum absolute atomic E-state index is 0.0252. The Labute approximate surface area is 135 Å². The van der Waals surface area contributed by atoms with Crippen LogP contribution in [0.15, 0.2) is 24.3 Å². The third kappa shape index (κ3) is 3.52. The highest BCUT2D eigenvalue weighted by Gasteiger charge is 2.65. The van der Waals surface area contributed by atoms with E-state index in [1.165, 1.54) is 4.90 Å². The van der Waals surface area contributed by atoms with Gasteiger partial charge >= 0.3 is 5.97 Å². The smallest absolute Gasteiger partial charge is 0.307 e. The van der Waals surface area contributed by atoms with Crippen molar-refractivity contribution in [2.24, 2.45) is 17.3 Å². The van der Waals surface area contributed by atoms with E-state index in [2.05, 4.69) is 5.32 Å². The summed E-state index contributed by atoms with van der Waals surface area (Å²) in [6.45, 7) is 3.56.